The van der Waals surface area contributed by atoms with Gasteiger partial charge in [-0.2, -0.15) is 0 Å². The number of hydrogen-bond acceptors (Lipinski definition) is 3. The summed E-state index contributed by atoms with van der Waals surface area (Å²) >= 11 is 0. The number of ether oxygens (including phenoxy) is 1. The maximum atomic E-state index is 13.8. The molecule has 0 unspecified atom stereocenters. The van der Waals surface area contributed by atoms with Gasteiger partial charge in [-0.05, 0) is 44.4 Å². The predicted molar refractivity (Wildman–Crippen MR) is 78.8 cm³/mol. The second kappa shape index (κ2) is 8.07. The predicted octanol–water partition coefficient (Wildman–Crippen LogP) is 2.86. The van der Waals surface area contributed by atoms with E-state index < -0.39 is 5.82 Å². The van der Waals surface area contributed by atoms with E-state index in [9.17, 15) is 9.18 Å². The lowest BCUT2D eigenvalue weighted by molar-refractivity contribution is -0.116. The average Bonchev–Trinajstić information content (AvgIpc) is 2.33. The highest BCUT2D eigenvalue weighted by molar-refractivity contribution is 5.90. The maximum Gasteiger partial charge on any atom is 0.224 e. The van der Waals surface area contributed by atoms with Crippen molar-refractivity contribution in [2.24, 2.45) is 5.73 Å². The third-order valence-corrected chi connectivity index (χ3v) is 3.17. The minimum Gasteiger partial charge on any atom is -0.487 e. The van der Waals surface area contributed by atoms with Gasteiger partial charge in [0.15, 0.2) is 11.6 Å². The molecule has 0 heterocycles. The van der Waals surface area contributed by atoms with Crippen molar-refractivity contribution in [1.29, 1.82) is 0 Å². The Morgan fingerprint density at radius 2 is 2.20 bits per heavy atom. The SMILES string of the molecule is Cl.NCCCC(=O)Nc1ccc(OC2CCC2)c(F)c1. The number of nitrogens with one attached hydrogen (secondary N) is 1. The van der Waals surface area contributed by atoms with Gasteiger partial charge in [0, 0.05) is 18.2 Å². The summed E-state index contributed by atoms with van der Waals surface area (Å²) in [5.74, 6) is -0.342. The van der Waals surface area contributed by atoms with E-state index in [2.05, 4.69) is 5.32 Å². The van der Waals surface area contributed by atoms with E-state index in [0.717, 1.165) is 19.3 Å². The van der Waals surface area contributed by atoms with Crippen LogP contribution in [0.5, 0.6) is 5.75 Å². The lowest BCUT2D eigenvalue weighted by Crippen LogP contribution is -2.25. The van der Waals surface area contributed by atoms with Crippen molar-refractivity contribution >= 4 is 24.0 Å². The van der Waals surface area contributed by atoms with Gasteiger partial charge < -0.3 is 15.8 Å². The van der Waals surface area contributed by atoms with Gasteiger partial charge in [-0.25, -0.2) is 4.39 Å². The Bertz CT molecular complexity index is 453. The van der Waals surface area contributed by atoms with Gasteiger partial charge in [-0.15, -0.1) is 12.4 Å². The van der Waals surface area contributed by atoms with Crippen LogP contribution in [0.4, 0.5) is 10.1 Å². The standard InChI is InChI=1S/C14H19FN2O2.ClH/c15-12-9-10(17-14(18)5-2-8-16)6-7-13(12)19-11-3-1-4-11;/h6-7,9,11H,1-5,8,16H2,(H,17,18);1H. The molecule has 2 rings (SSSR count). The lowest BCUT2D eigenvalue weighted by Gasteiger charge is -2.26. The number of nitrogens with two attached hydrogens (primary N) is 1. The Morgan fingerprint density at radius 1 is 1.45 bits per heavy atom. The Balaban J connectivity index is 0.00000200. The zero-order valence-electron chi connectivity index (χ0n) is 11.2. The Hall–Kier alpha value is -1.33. The number of carbonyl (C=O) groups is 1. The largest absolute Gasteiger partial charge is 0.487 e. The smallest absolute Gasteiger partial charge is 0.224 e. The molecule has 1 fully saturated rings. The number of hydrogen-bond donors (Lipinski definition) is 2. The summed E-state index contributed by atoms with van der Waals surface area (Å²) in [5, 5.41) is 2.64. The van der Waals surface area contributed by atoms with E-state index in [1.165, 1.54) is 6.07 Å². The van der Waals surface area contributed by atoms with E-state index >= 15 is 0 Å². The number of halogens is 2. The molecule has 0 aromatic heterocycles. The quantitative estimate of drug-likeness (QED) is 0.849. The van der Waals surface area contributed by atoms with E-state index in [-0.39, 0.29) is 30.2 Å². The first-order valence-corrected chi connectivity index (χ1v) is 6.65. The third-order valence-electron chi connectivity index (χ3n) is 3.17. The van der Waals surface area contributed by atoms with Gasteiger partial charge in [0.05, 0.1) is 6.10 Å². The summed E-state index contributed by atoms with van der Waals surface area (Å²) in [6, 6.07) is 4.50. The highest BCUT2D eigenvalue weighted by Crippen LogP contribution is 2.28. The van der Waals surface area contributed by atoms with Crippen LogP contribution in [-0.2, 0) is 4.79 Å². The number of carbonyl (C=O) groups excluding carboxylic acids is 1. The summed E-state index contributed by atoms with van der Waals surface area (Å²) in [5.41, 5.74) is 5.77. The van der Waals surface area contributed by atoms with E-state index in [0.29, 0.717) is 25.1 Å². The molecule has 112 valence electrons. The average molecular weight is 303 g/mol. The molecule has 1 aliphatic carbocycles. The Kier molecular flexibility index (Phi) is 6.75. The second-order valence-corrected chi connectivity index (χ2v) is 4.76. The highest BCUT2D eigenvalue weighted by atomic mass is 35.5. The van der Waals surface area contributed by atoms with Gasteiger partial charge in [0.25, 0.3) is 0 Å². The zero-order chi connectivity index (χ0) is 13.7. The van der Waals surface area contributed by atoms with Crippen molar-refractivity contribution in [3.05, 3.63) is 24.0 Å². The van der Waals surface area contributed by atoms with Crippen LogP contribution in [-0.4, -0.2) is 18.6 Å². The molecular formula is C14H20ClFN2O2. The monoisotopic (exact) mass is 302 g/mol. The number of benzene rings is 1. The first kappa shape index (κ1) is 16.7. The topological polar surface area (TPSA) is 64.4 Å². The molecule has 0 saturated heterocycles. The van der Waals surface area contributed by atoms with Crippen molar-refractivity contribution < 1.29 is 13.9 Å². The molecule has 1 aromatic rings. The van der Waals surface area contributed by atoms with Crippen LogP contribution < -0.4 is 15.8 Å². The molecule has 1 amide bonds. The third kappa shape index (κ3) is 4.65. The molecule has 0 aliphatic heterocycles. The van der Waals surface area contributed by atoms with Crippen molar-refractivity contribution in [3.8, 4) is 5.75 Å². The lowest BCUT2D eigenvalue weighted by atomic mass is 9.96. The fraction of sp³-hybridized carbons (Fsp3) is 0.500. The summed E-state index contributed by atoms with van der Waals surface area (Å²) in [7, 11) is 0. The van der Waals surface area contributed by atoms with Crippen molar-refractivity contribution in [1.82, 2.24) is 0 Å². The Morgan fingerprint density at radius 3 is 2.75 bits per heavy atom. The van der Waals surface area contributed by atoms with Crippen molar-refractivity contribution in [3.63, 3.8) is 0 Å². The first-order valence-electron chi connectivity index (χ1n) is 6.65. The highest BCUT2D eigenvalue weighted by Gasteiger charge is 2.20. The fourth-order valence-electron chi connectivity index (χ4n) is 1.83. The zero-order valence-corrected chi connectivity index (χ0v) is 12.0. The number of amides is 1. The molecule has 20 heavy (non-hydrogen) atoms. The molecular weight excluding hydrogens is 283 g/mol. The molecule has 1 aromatic carbocycles. The normalized spacial score (nSPS) is 14.1. The van der Waals surface area contributed by atoms with Crippen LogP contribution in [0, 0.1) is 5.82 Å². The molecule has 1 aliphatic rings. The summed E-state index contributed by atoms with van der Waals surface area (Å²) < 4.78 is 19.3. The Labute approximate surface area is 124 Å². The number of anilines is 1. The van der Waals surface area contributed by atoms with Gasteiger partial charge in [0.2, 0.25) is 5.91 Å². The molecule has 0 spiro atoms. The molecule has 0 atom stereocenters. The van der Waals surface area contributed by atoms with E-state index in [1.54, 1.807) is 12.1 Å². The van der Waals surface area contributed by atoms with Crippen LogP contribution in [0.1, 0.15) is 32.1 Å². The van der Waals surface area contributed by atoms with Gasteiger partial charge in [0.1, 0.15) is 0 Å². The van der Waals surface area contributed by atoms with Crippen LogP contribution in [0.3, 0.4) is 0 Å². The molecule has 4 nitrogen and oxygen atoms in total. The molecule has 0 radical (unpaired) electrons. The molecule has 3 N–H and O–H groups in total. The second-order valence-electron chi connectivity index (χ2n) is 4.76. The van der Waals surface area contributed by atoms with E-state index in [4.69, 9.17) is 10.5 Å². The molecule has 0 bridgehead atoms. The first-order chi connectivity index (χ1) is 9.19. The minimum absolute atomic E-state index is 0. The van der Waals surface area contributed by atoms with Gasteiger partial charge >= 0.3 is 0 Å². The van der Waals surface area contributed by atoms with Crippen LogP contribution >= 0.6 is 12.4 Å². The van der Waals surface area contributed by atoms with E-state index in [1.807, 2.05) is 0 Å². The molecule has 1 saturated carbocycles. The van der Waals surface area contributed by atoms with Crippen molar-refractivity contribution in [2.75, 3.05) is 11.9 Å². The fourth-order valence-corrected chi connectivity index (χ4v) is 1.83. The minimum atomic E-state index is -0.441. The van der Waals surface area contributed by atoms with Crippen LogP contribution in [0.25, 0.3) is 0 Å². The molecule has 6 heteroatoms. The van der Waals surface area contributed by atoms with Gasteiger partial charge in [-0.3, -0.25) is 4.79 Å². The summed E-state index contributed by atoms with van der Waals surface area (Å²) in [6.45, 7) is 0.468. The summed E-state index contributed by atoms with van der Waals surface area (Å²) in [6.07, 6.45) is 4.21. The van der Waals surface area contributed by atoms with Gasteiger partial charge in [-0.1, -0.05) is 0 Å². The van der Waals surface area contributed by atoms with Crippen molar-refractivity contribution in [2.45, 2.75) is 38.2 Å². The van der Waals surface area contributed by atoms with Crippen LogP contribution in [0.15, 0.2) is 18.2 Å². The summed E-state index contributed by atoms with van der Waals surface area (Å²) in [4.78, 5) is 11.5. The van der Waals surface area contributed by atoms with Crippen LogP contribution in [0.2, 0.25) is 0 Å². The maximum absolute atomic E-state index is 13.8. The number of rotatable bonds is 6.